The summed E-state index contributed by atoms with van der Waals surface area (Å²) in [5, 5.41) is 3.31. The molecule has 2 aromatic rings. The number of hydrogen-bond donors (Lipinski definition) is 1. The molecule has 0 saturated carbocycles. The lowest BCUT2D eigenvalue weighted by molar-refractivity contribution is 0.600. The van der Waals surface area contributed by atoms with Crippen molar-refractivity contribution in [2.24, 2.45) is 0 Å². The molecular formula is C14H10Br4FN. The maximum Gasteiger partial charge on any atom is 0.128 e. The molecule has 1 atom stereocenters. The van der Waals surface area contributed by atoms with Crippen LogP contribution in [0.3, 0.4) is 0 Å². The number of halogens is 5. The standard InChI is InChI=1S/C14H10Br4FN/c1-7(10-4-8(15)2-3-13(10)19)20-14-11(17)5-9(16)6-12(14)18/h2-7,20H,1H3. The van der Waals surface area contributed by atoms with E-state index < -0.39 is 0 Å². The molecule has 0 amide bonds. The molecule has 0 aromatic heterocycles. The van der Waals surface area contributed by atoms with Crippen molar-refractivity contribution in [3.05, 3.63) is 59.6 Å². The molecular weight excluding hydrogens is 521 g/mol. The minimum absolute atomic E-state index is 0.165. The van der Waals surface area contributed by atoms with Crippen LogP contribution in [0, 0.1) is 5.82 Å². The molecule has 2 aromatic carbocycles. The first-order chi connectivity index (χ1) is 9.38. The van der Waals surface area contributed by atoms with E-state index in [0.29, 0.717) is 5.56 Å². The SMILES string of the molecule is CC(Nc1c(Br)cc(Br)cc1Br)c1cc(Br)ccc1F. The zero-order valence-corrected chi connectivity index (χ0v) is 16.7. The predicted octanol–water partition coefficient (Wildman–Crippen LogP) is 7.05. The molecule has 0 heterocycles. The molecule has 6 heteroatoms. The monoisotopic (exact) mass is 527 g/mol. The van der Waals surface area contributed by atoms with E-state index in [9.17, 15) is 4.39 Å². The second kappa shape index (κ2) is 6.90. The Kier molecular flexibility index (Phi) is 5.68. The van der Waals surface area contributed by atoms with Crippen LogP contribution in [-0.4, -0.2) is 0 Å². The Morgan fingerprint density at radius 2 is 1.55 bits per heavy atom. The number of rotatable bonds is 3. The van der Waals surface area contributed by atoms with Crippen LogP contribution in [0.25, 0.3) is 0 Å². The first-order valence-electron chi connectivity index (χ1n) is 5.74. The average Bonchev–Trinajstić information content (AvgIpc) is 2.36. The highest BCUT2D eigenvalue weighted by atomic mass is 79.9. The van der Waals surface area contributed by atoms with E-state index in [1.165, 1.54) is 6.07 Å². The van der Waals surface area contributed by atoms with Gasteiger partial charge in [0.05, 0.1) is 11.7 Å². The van der Waals surface area contributed by atoms with E-state index in [0.717, 1.165) is 23.6 Å². The van der Waals surface area contributed by atoms with Gasteiger partial charge in [-0.3, -0.25) is 0 Å². The van der Waals surface area contributed by atoms with Gasteiger partial charge in [0.1, 0.15) is 5.82 Å². The summed E-state index contributed by atoms with van der Waals surface area (Å²) in [6.45, 7) is 1.92. The van der Waals surface area contributed by atoms with Crippen molar-refractivity contribution < 1.29 is 4.39 Å². The molecule has 1 unspecified atom stereocenters. The summed E-state index contributed by atoms with van der Waals surface area (Å²) in [5.74, 6) is -0.224. The Bertz CT molecular complexity index is 622. The Balaban J connectivity index is 2.32. The first kappa shape index (κ1) is 16.5. The fourth-order valence-corrected chi connectivity index (χ4v) is 4.69. The fourth-order valence-electron chi connectivity index (χ4n) is 1.82. The van der Waals surface area contributed by atoms with E-state index in [2.05, 4.69) is 69.0 Å². The van der Waals surface area contributed by atoms with Crippen LogP contribution in [0.2, 0.25) is 0 Å². The Morgan fingerprint density at radius 1 is 0.950 bits per heavy atom. The third kappa shape index (κ3) is 3.84. The van der Waals surface area contributed by atoms with Gasteiger partial charge in [-0.05, 0) is 69.1 Å². The summed E-state index contributed by atoms with van der Waals surface area (Å²) < 4.78 is 17.5. The van der Waals surface area contributed by atoms with E-state index in [1.54, 1.807) is 12.1 Å². The fraction of sp³-hybridized carbons (Fsp3) is 0.143. The lowest BCUT2D eigenvalue weighted by Crippen LogP contribution is -2.09. The minimum atomic E-state index is -0.224. The van der Waals surface area contributed by atoms with E-state index in [1.807, 2.05) is 19.1 Å². The molecule has 1 N–H and O–H groups in total. The highest BCUT2D eigenvalue weighted by molar-refractivity contribution is 9.11. The van der Waals surface area contributed by atoms with Crippen LogP contribution < -0.4 is 5.32 Å². The van der Waals surface area contributed by atoms with Crippen molar-refractivity contribution in [3.63, 3.8) is 0 Å². The largest absolute Gasteiger partial charge is 0.377 e. The molecule has 2 rings (SSSR count). The van der Waals surface area contributed by atoms with E-state index in [-0.39, 0.29) is 11.9 Å². The molecule has 0 fully saturated rings. The highest BCUT2D eigenvalue weighted by Crippen LogP contribution is 2.37. The van der Waals surface area contributed by atoms with Gasteiger partial charge in [0.25, 0.3) is 0 Å². The van der Waals surface area contributed by atoms with Gasteiger partial charge in [-0.15, -0.1) is 0 Å². The minimum Gasteiger partial charge on any atom is -0.377 e. The van der Waals surface area contributed by atoms with Crippen LogP contribution in [0.1, 0.15) is 18.5 Å². The molecule has 0 bridgehead atoms. The normalized spacial score (nSPS) is 12.3. The Morgan fingerprint density at radius 3 is 2.15 bits per heavy atom. The van der Waals surface area contributed by atoms with Gasteiger partial charge < -0.3 is 5.32 Å². The smallest absolute Gasteiger partial charge is 0.128 e. The lowest BCUT2D eigenvalue weighted by Gasteiger charge is -2.19. The molecule has 0 aliphatic heterocycles. The number of benzene rings is 2. The topological polar surface area (TPSA) is 12.0 Å². The average molecular weight is 531 g/mol. The Labute approximate surface area is 150 Å². The number of anilines is 1. The predicted molar refractivity (Wildman–Crippen MR) is 95.7 cm³/mol. The van der Waals surface area contributed by atoms with Gasteiger partial charge in [-0.2, -0.15) is 0 Å². The molecule has 0 saturated heterocycles. The van der Waals surface area contributed by atoms with Crippen molar-refractivity contribution in [1.82, 2.24) is 0 Å². The highest BCUT2D eigenvalue weighted by Gasteiger charge is 2.15. The van der Waals surface area contributed by atoms with Gasteiger partial charge in [0.15, 0.2) is 0 Å². The summed E-state index contributed by atoms with van der Waals surface area (Å²) in [7, 11) is 0. The van der Waals surface area contributed by atoms with Crippen LogP contribution in [-0.2, 0) is 0 Å². The first-order valence-corrected chi connectivity index (χ1v) is 8.91. The molecule has 0 spiro atoms. The summed E-state index contributed by atoms with van der Waals surface area (Å²) in [5.41, 5.74) is 1.50. The van der Waals surface area contributed by atoms with E-state index >= 15 is 0 Å². The zero-order valence-electron chi connectivity index (χ0n) is 10.4. The van der Waals surface area contributed by atoms with Crippen LogP contribution in [0.15, 0.2) is 48.2 Å². The van der Waals surface area contributed by atoms with Crippen molar-refractivity contribution in [1.29, 1.82) is 0 Å². The second-order valence-electron chi connectivity index (χ2n) is 4.28. The van der Waals surface area contributed by atoms with Crippen LogP contribution in [0.5, 0.6) is 0 Å². The maximum atomic E-state index is 13.9. The molecule has 0 aliphatic rings. The molecule has 106 valence electrons. The summed E-state index contributed by atoms with van der Waals surface area (Å²) in [6.07, 6.45) is 0. The van der Waals surface area contributed by atoms with Gasteiger partial charge in [0.2, 0.25) is 0 Å². The van der Waals surface area contributed by atoms with Gasteiger partial charge in [-0.1, -0.05) is 31.9 Å². The van der Waals surface area contributed by atoms with Gasteiger partial charge in [0, 0.05) is 23.5 Å². The summed E-state index contributed by atoms with van der Waals surface area (Å²) in [6, 6.07) is 8.66. The van der Waals surface area contributed by atoms with Crippen molar-refractivity contribution in [2.45, 2.75) is 13.0 Å². The van der Waals surface area contributed by atoms with Gasteiger partial charge in [-0.25, -0.2) is 4.39 Å². The Hall–Kier alpha value is 0.0900. The van der Waals surface area contributed by atoms with E-state index in [4.69, 9.17) is 0 Å². The summed E-state index contributed by atoms with van der Waals surface area (Å²) in [4.78, 5) is 0. The van der Waals surface area contributed by atoms with Crippen molar-refractivity contribution in [2.75, 3.05) is 5.32 Å². The second-order valence-corrected chi connectivity index (χ2v) is 7.82. The lowest BCUT2D eigenvalue weighted by atomic mass is 10.1. The quantitative estimate of drug-likeness (QED) is 0.448. The van der Waals surface area contributed by atoms with Crippen molar-refractivity contribution >= 4 is 69.4 Å². The molecule has 1 nitrogen and oxygen atoms in total. The third-order valence-corrected chi connectivity index (χ3v) is 4.99. The third-order valence-electron chi connectivity index (χ3n) is 2.79. The van der Waals surface area contributed by atoms with Crippen LogP contribution in [0.4, 0.5) is 10.1 Å². The maximum absolute atomic E-state index is 13.9. The van der Waals surface area contributed by atoms with Crippen molar-refractivity contribution in [3.8, 4) is 0 Å². The number of nitrogens with one attached hydrogen (secondary N) is 1. The molecule has 0 aliphatic carbocycles. The zero-order chi connectivity index (χ0) is 14.9. The molecule has 0 radical (unpaired) electrons. The summed E-state index contributed by atoms with van der Waals surface area (Å²) >= 11 is 13.8. The number of hydrogen-bond acceptors (Lipinski definition) is 1. The van der Waals surface area contributed by atoms with Gasteiger partial charge >= 0.3 is 0 Å². The van der Waals surface area contributed by atoms with Crippen LogP contribution >= 0.6 is 63.7 Å². The molecule has 20 heavy (non-hydrogen) atoms.